The number of nitrogens with zero attached hydrogens (tertiary/aromatic N) is 3. The monoisotopic (exact) mass is 468 g/mol. The summed E-state index contributed by atoms with van der Waals surface area (Å²) in [5.74, 6) is -1.12. The average Bonchev–Trinajstić information content (AvgIpc) is 3.05. The number of carbonyl (C=O) groups is 2. The molecule has 0 aliphatic heterocycles. The number of hydrogen-bond donors (Lipinski definition) is 1. The van der Waals surface area contributed by atoms with Crippen LogP contribution in [-0.2, 0) is 11.3 Å². The molecule has 3 aromatic heterocycles. The lowest BCUT2D eigenvalue weighted by Crippen LogP contribution is -2.23. The van der Waals surface area contributed by atoms with Gasteiger partial charge in [0.05, 0.1) is 29.9 Å². The van der Waals surface area contributed by atoms with Crippen molar-refractivity contribution in [3.05, 3.63) is 81.9 Å². The minimum absolute atomic E-state index is 0.287. The maximum absolute atomic E-state index is 13.2. The molecule has 1 N–H and O–H groups in total. The molecule has 0 aliphatic carbocycles. The van der Waals surface area contributed by atoms with E-state index in [1.54, 1.807) is 37.4 Å². The largest absolute Gasteiger partial charge is 0.481 e. The zero-order valence-corrected chi connectivity index (χ0v) is 18.7. The van der Waals surface area contributed by atoms with Gasteiger partial charge in [-0.1, -0.05) is 23.2 Å². The minimum Gasteiger partial charge on any atom is -0.481 e. The number of nitrogens with one attached hydrogen (secondary N) is 1. The van der Waals surface area contributed by atoms with Crippen molar-refractivity contribution >= 4 is 51.5 Å². The lowest BCUT2D eigenvalue weighted by molar-refractivity contribution is -0.112. The molecule has 3 heterocycles. The summed E-state index contributed by atoms with van der Waals surface area (Å²) in [5, 5.41) is 4.21. The van der Waals surface area contributed by atoms with E-state index in [0.717, 1.165) is 11.2 Å². The quantitative estimate of drug-likeness (QED) is 0.320. The Labute approximate surface area is 194 Å². The number of Topliss-reactive ketones (excluding diaryl/α,β-unsaturated/α-hetero) is 1. The Morgan fingerprint density at radius 1 is 1.06 bits per heavy atom. The number of aromatic nitrogens is 3. The van der Waals surface area contributed by atoms with Crippen molar-refractivity contribution in [2.24, 2.45) is 0 Å². The van der Waals surface area contributed by atoms with Crippen LogP contribution in [0.4, 0.5) is 5.69 Å². The van der Waals surface area contributed by atoms with Gasteiger partial charge in [-0.2, -0.15) is 0 Å². The summed E-state index contributed by atoms with van der Waals surface area (Å²) in [5.41, 5.74) is 2.85. The van der Waals surface area contributed by atoms with Gasteiger partial charge in [-0.05, 0) is 43.3 Å². The number of anilines is 1. The number of ether oxygens (including phenoxy) is 1. The van der Waals surface area contributed by atoms with Crippen LogP contribution in [0.25, 0.3) is 10.9 Å². The smallest absolute Gasteiger partial charge is 0.296 e. The van der Waals surface area contributed by atoms with E-state index >= 15 is 0 Å². The van der Waals surface area contributed by atoms with Gasteiger partial charge in [0.2, 0.25) is 5.88 Å². The molecule has 0 atom stereocenters. The Kier molecular flexibility index (Phi) is 6.12. The highest BCUT2D eigenvalue weighted by atomic mass is 35.5. The van der Waals surface area contributed by atoms with E-state index in [-0.39, 0.29) is 5.56 Å². The molecular formula is C23H18Cl2N4O3. The van der Waals surface area contributed by atoms with Crippen molar-refractivity contribution in [1.82, 2.24) is 14.5 Å². The summed E-state index contributed by atoms with van der Waals surface area (Å²) in [7, 11) is 1.47. The Balaban J connectivity index is 1.73. The average molecular weight is 469 g/mol. The van der Waals surface area contributed by atoms with Crippen molar-refractivity contribution in [1.29, 1.82) is 0 Å². The molecule has 9 heteroatoms. The predicted octanol–water partition coefficient (Wildman–Crippen LogP) is 4.92. The van der Waals surface area contributed by atoms with E-state index < -0.39 is 11.7 Å². The van der Waals surface area contributed by atoms with Crippen molar-refractivity contribution < 1.29 is 14.3 Å². The van der Waals surface area contributed by atoms with E-state index in [4.69, 9.17) is 27.9 Å². The number of fused-ring (bicyclic) bond motifs is 1. The third-order valence-electron chi connectivity index (χ3n) is 5.03. The van der Waals surface area contributed by atoms with E-state index in [0.29, 0.717) is 39.2 Å². The number of carbonyl (C=O) groups excluding carboxylic acids is 2. The predicted molar refractivity (Wildman–Crippen MR) is 124 cm³/mol. The summed E-state index contributed by atoms with van der Waals surface area (Å²) in [4.78, 5) is 34.3. The first-order chi connectivity index (χ1) is 15.4. The number of rotatable bonds is 6. The van der Waals surface area contributed by atoms with Crippen molar-refractivity contribution in [3.63, 3.8) is 0 Å². The van der Waals surface area contributed by atoms with Crippen molar-refractivity contribution in [2.75, 3.05) is 12.4 Å². The Bertz CT molecular complexity index is 1330. The molecule has 162 valence electrons. The van der Waals surface area contributed by atoms with Gasteiger partial charge in [0.25, 0.3) is 11.7 Å². The molecule has 0 saturated carbocycles. The molecule has 0 aliphatic rings. The fraction of sp³-hybridized carbons (Fsp3) is 0.130. The molecule has 0 unspecified atom stereocenters. The molecule has 1 amide bonds. The van der Waals surface area contributed by atoms with Crippen LogP contribution >= 0.6 is 23.2 Å². The molecule has 7 nitrogen and oxygen atoms in total. The standard InChI is InChI=1S/C23H18Cl2N4O3/c1-13-21(22(30)23(31)28-16-7-8-26-20(10-16)32-2)18-9-14(24)4-6-19(18)29(13)12-17-5-3-15(25)11-27-17/h3-11H,12H2,1-2H3,(H,26,28,31). The number of pyridine rings is 2. The van der Waals surface area contributed by atoms with Crippen LogP contribution in [0.3, 0.4) is 0 Å². The van der Waals surface area contributed by atoms with Gasteiger partial charge in [-0.25, -0.2) is 4.98 Å². The fourth-order valence-corrected chi connectivity index (χ4v) is 3.79. The highest BCUT2D eigenvalue weighted by molar-refractivity contribution is 6.49. The number of benzene rings is 1. The lowest BCUT2D eigenvalue weighted by Gasteiger charge is -2.09. The maximum Gasteiger partial charge on any atom is 0.296 e. The third-order valence-corrected chi connectivity index (χ3v) is 5.49. The Hall–Kier alpha value is -3.42. The summed E-state index contributed by atoms with van der Waals surface area (Å²) in [6.45, 7) is 2.19. The number of methoxy groups -OCH3 is 1. The zero-order chi connectivity index (χ0) is 22.8. The summed E-state index contributed by atoms with van der Waals surface area (Å²) >= 11 is 12.1. The molecule has 0 bridgehead atoms. The summed E-state index contributed by atoms with van der Waals surface area (Å²) in [6.07, 6.45) is 3.05. The van der Waals surface area contributed by atoms with Gasteiger partial charge >= 0.3 is 0 Å². The van der Waals surface area contributed by atoms with E-state index in [1.165, 1.54) is 19.4 Å². The van der Waals surface area contributed by atoms with E-state index in [2.05, 4.69) is 15.3 Å². The van der Waals surface area contributed by atoms with Crippen LogP contribution in [0.5, 0.6) is 5.88 Å². The van der Waals surface area contributed by atoms with Crippen LogP contribution in [0, 0.1) is 6.92 Å². The molecule has 0 spiro atoms. The molecule has 0 radical (unpaired) electrons. The first kappa shape index (κ1) is 21.8. The van der Waals surface area contributed by atoms with Gasteiger partial charge < -0.3 is 14.6 Å². The second-order valence-corrected chi connectivity index (χ2v) is 7.92. The number of halogens is 2. The summed E-state index contributed by atoms with van der Waals surface area (Å²) in [6, 6.07) is 11.9. The first-order valence-electron chi connectivity index (χ1n) is 9.62. The van der Waals surface area contributed by atoms with Crippen molar-refractivity contribution in [3.8, 4) is 5.88 Å². The third kappa shape index (κ3) is 4.30. The summed E-state index contributed by atoms with van der Waals surface area (Å²) < 4.78 is 6.99. The van der Waals surface area contributed by atoms with Gasteiger partial charge in [-0.15, -0.1) is 0 Å². The second-order valence-electron chi connectivity index (χ2n) is 7.05. The van der Waals surface area contributed by atoms with Crippen LogP contribution in [0.2, 0.25) is 10.0 Å². The van der Waals surface area contributed by atoms with E-state index in [9.17, 15) is 9.59 Å². The highest BCUT2D eigenvalue weighted by Crippen LogP contribution is 2.30. The van der Waals surface area contributed by atoms with Gasteiger partial charge in [0.15, 0.2) is 0 Å². The molecule has 4 rings (SSSR count). The lowest BCUT2D eigenvalue weighted by atomic mass is 10.1. The van der Waals surface area contributed by atoms with Crippen LogP contribution in [-0.4, -0.2) is 33.3 Å². The van der Waals surface area contributed by atoms with Crippen LogP contribution in [0.15, 0.2) is 54.9 Å². The fourth-order valence-electron chi connectivity index (χ4n) is 3.51. The SMILES string of the molecule is COc1cc(NC(=O)C(=O)c2c(C)n(Cc3ccc(Cl)cn3)c3ccc(Cl)cc23)ccn1. The normalized spacial score (nSPS) is 10.9. The van der Waals surface area contributed by atoms with E-state index in [1.807, 2.05) is 16.7 Å². The Morgan fingerprint density at radius 3 is 2.56 bits per heavy atom. The molecule has 0 fully saturated rings. The molecule has 4 aromatic rings. The number of ketones is 1. The topological polar surface area (TPSA) is 86.1 Å². The molecule has 0 saturated heterocycles. The van der Waals surface area contributed by atoms with Gasteiger partial charge in [0, 0.05) is 45.8 Å². The minimum atomic E-state index is -0.773. The number of hydrogen-bond acceptors (Lipinski definition) is 5. The highest BCUT2D eigenvalue weighted by Gasteiger charge is 2.26. The van der Waals surface area contributed by atoms with Crippen molar-refractivity contribution in [2.45, 2.75) is 13.5 Å². The Morgan fingerprint density at radius 2 is 1.84 bits per heavy atom. The first-order valence-corrected chi connectivity index (χ1v) is 10.4. The zero-order valence-electron chi connectivity index (χ0n) is 17.2. The number of amides is 1. The van der Waals surface area contributed by atoms with Gasteiger partial charge in [0.1, 0.15) is 0 Å². The molecular weight excluding hydrogens is 451 g/mol. The second kappa shape index (κ2) is 8.98. The van der Waals surface area contributed by atoms with Crippen LogP contribution in [0.1, 0.15) is 21.7 Å². The maximum atomic E-state index is 13.2. The van der Waals surface area contributed by atoms with Gasteiger partial charge in [-0.3, -0.25) is 14.6 Å². The molecule has 32 heavy (non-hydrogen) atoms. The molecule has 1 aromatic carbocycles. The van der Waals surface area contributed by atoms with Crippen LogP contribution < -0.4 is 10.1 Å².